The normalized spacial score (nSPS) is 11.4. The summed E-state index contributed by atoms with van der Waals surface area (Å²) in [5, 5.41) is 9.29. The maximum atomic E-state index is 13.8. The molecule has 0 saturated carbocycles. The van der Waals surface area contributed by atoms with Gasteiger partial charge in [0, 0.05) is 17.3 Å². The lowest BCUT2D eigenvalue weighted by molar-refractivity contribution is 0.629. The van der Waals surface area contributed by atoms with Crippen molar-refractivity contribution in [3.05, 3.63) is 71.0 Å². The maximum Gasteiger partial charge on any atom is 0.197 e. The van der Waals surface area contributed by atoms with Gasteiger partial charge < -0.3 is 0 Å². The van der Waals surface area contributed by atoms with Crippen molar-refractivity contribution < 1.29 is 4.39 Å². The fourth-order valence-corrected chi connectivity index (χ4v) is 2.65. The summed E-state index contributed by atoms with van der Waals surface area (Å²) < 4.78 is 15.3. The molecule has 0 radical (unpaired) electrons. The molecule has 0 saturated heterocycles. The van der Waals surface area contributed by atoms with E-state index < -0.39 is 5.82 Å². The van der Waals surface area contributed by atoms with Crippen molar-refractivity contribution in [1.29, 1.82) is 0 Å². The van der Waals surface area contributed by atoms with Crippen LogP contribution >= 0.6 is 11.6 Å². The van der Waals surface area contributed by atoms with E-state index in [1.807, 2.05) is 36.4 Å². The van der Waals surface area contributed by atoms with E-state index in [0.717, 1.165) is 16.6 Å². The molecule has 0 aliphatic rings. The van der Waals surface area contributed by atoms with Crippen molar-refractivity contribution in [2.24, 2.45) is 0 Å². The van der Waals surface area contributed by atoms with Crippen LogP contribution in [0.4, 0.5) is 4.39 Å². The molecule has 22 heavy (non-hydrogen) atoms. The summed E-state index contributed by atoms with van der Waals surface area (Å²) >= 11 is 5.90. The second-order valence-electron chi connectivity index (χ2n) is 4.99. The highest BCUT2D eigenvalue weighted by Gasteiger charge is 2.12. The highest BCUT2D eigenvalue weighted by atomic mass is 35.5. The van der Waals surface area contributed by atoms with Gasteiger partial charge in [-0.15, -0.1) is 10.2 Å². The Morgan fingerprint density at radius 2 is 1.95 bits per heavy atom. The molecule has 0 unspecified atom stereocenters. The van der Waals surface area contributed by atoms with E-state index in [-0.39, 0.29) is 5.65 Å². The van der Waals surface area contributed by atoms with Crippen molar-refractivity contribution in [3.8, 4) is 0 Å². The van der Waals surface area contributed by atoms with Crippen LogP contribution in [0.5, 0.6) is 0 Å². The number of benzene rings is 1. The summed E-state index contributed by atoms with van der Waals surface area (Å²) in [5.41, 5.74) is 1.92. The number of halogens is 2. The fourth-order valence-electron chi connectivity index (χ4n) is 2.46. The molecule has 0 amide bonds. The van der Waals surface area contributed by atoms with E-state index in [1.54, 1.807) is 10.6 Å². The molecular weight excluding hydrogens is 303 g/mol. The molecule has 0 fully saturated rings. The van der Waals surface area contributed by atoms with Gasteiger partial charge in [-0.3, -0.25) is 9.38 Å². The lowest BCUT2D eigenvalue weighted by Crippen LogP contribution is -1.99. The minimum Gasteiger partial charge on any atom is -0.282 e. The number of hydrogen-bond acceptors (Lipinski definition) is 3. The third kappa shape index (κ3) is 2.19. The number of nitrogens with zero attached hydrogens (tertiary/aromatic N) is 4. The van der Waals surface area contributed by atoms with E-state index in [9.17, 15) is 4.39 Å². The van der Waals surface area contributed by atoms with E-state index in [2.05, 4.69) is 15.2 Å². The third-order valence-corrected chi connectivity index (χ3v) is 3.70. The van der Waals surface area contributed by atoms with Crippen LogP contribution in [0.25, 0.3) is 16.6 Å². The average Bonchev–Trinajstić information content (AvgIpc) is 2.90. The Labute approximate surface area is 130 Å². The molecule has 0 aliphatic heterocycles. The number of pyridine rings is 2. The van der Waals surface area contributed by atoms with Crippen LogP contribution in [-0.2, 0) is 6.42 Å². The molecule has 108 valence electrons. The summed E-state index contributed by atoms with van der Waals surface area (Å²) in [6, 6.07) is 13.1. The van der Waals surface area contributed by atoms with Crippen LogP contribution < -0.4 is 0 Å². The quantitative estimate of drug-likeness (QED) is 0.567. The van der Waals surface area contributed by atoms with Gasteiger partial charge >= 0.3 is 0 Å². The Morgan fingerprint density at radius 1 is 1.09 bits per heavy atom. The van der Waals surface area contributed by atoms with Crippen LogP contribution in [0, 0.1) is 5.82 Å². The average molecular weight is 313 g/mol. The fraction of sp³-hybridized carbons (Fsp3) is 0.0625. The number of para-hydroxylation sites is 1. The van der Waals surface area contributed by atoms with Crippen LogP contribution in [0.2, 0.25) is 5.02 Å². The predicted octanol–water partition coefficient (Wildman–Crippen LogP) is 3.66. The van der Waals surface area contributed by atoms with E-state index in [1.165, 1.54) is 6.07 Å². The lowest BCUT2D eigenvalue weighted by atomic mass is 10.2. The Kier molecular flexibility index (Phi) is 3.01. The number of aromatic nitrogens is 4. The second kappa shape index (κ2) is 5.03. The first-order chi connectivity index (χ1) is 10.7. The van der Waals surface area contributed by atoms with Gasteiger partial charge in [-0.25, -0.2) is 4.39 Å². The van der Waals surface area contributed by atoms with Gasteiger partial charge in [0.1, 0.15) is 5.82 Å². The van der Waals surface area contributed by atoms with Crippen molar-refractivity contribution in [2.45, 2.75) is 6.42 Å². The summed E-state index contributed by atoms with van der Waals surface area (Å²) in [5.74, 6) is 0.108. The number of hydrogen-bond donors (Lipinski definition) is 0. The molecule has 3 heterocycles. The van der Waals surface area contributed by atoms with Crippen LogP contribution in [0.3, 0.4) is 0 Å². The predicted molar refractivity (Wildman–Crippen MR) is 82.5 cm³/mol. The van der Waals surface area contributed by atoms with Gasteiger partial charge in [0.25, 0.3) is 0 Å². The SMILES string of the molecule is Fc1cc(Cl)cn2c(Cc3ccc4ccccc4n3)nnc12. The summed E-state index contributed by atoms with van der Waals surface area (Å²) in [4.78, 5) is 4.59. The van der Waals surface area contributed by atoms with Crippen LogP contribution in [0.15, 0.2) is 48.7 Å². The maximum absolute atomic E-state index is 13.8. The highest BCUT2D eigenvalue weighted by Crippen LogP contribution is 2.18. The van der Waals surface area contributed by atoms with Crippen molar-refractivity contribution in [3.63, 3.8) is 0 Å². The first-order valence-corrected chi connectivity index (χ1v) is 7.12. The standard InChI is InChI=1S/C16H10ClFN4/c17-11-7-13(18)16-21-20-15(22(16)9-11)8-12-6-5-10-3-1-2-4-14(10)19-12/h1-7,9H,8H2. The smallest absolute Gasteiger partial charge is 0.197 e. The Hall–Kier alpha value is -2.53. The van der Waals surface area contributed by atoms with Crippen LogP contribution in [-0.4, -0.2) is 19.6 Å². The molecule has 4 nitrogen and oxygen atoms in total. The number of fused-ring (bicyclic) bond motifs is 2. The van der Waals surface area contributed by atoms with E-state index >= 15 is 0 Å². The molecule has 1 aromatic carbocycles. The van der Waals surface area contributed by atoms with Crippen molar-refractivity contribution in [2.75, 3.05) is 0 Å². The molecule has 0 N–H and O–H groups in total. The van der Waals surface area contributed by atoms with Gasteiger partial charge in [-0.2, -0.15) is 0 Å². The zero-order chi connectivity index (χ0) is 15.1. The van der Waals surface area contributed by atoms with Gasteiger partial charge in [0.05, 0.1) is 17.0 Å². The Morgan fingerprint density at radius 3 is 2.86 bits per heavy atom. The van der Waals surface area contributed by atoms with Crippen molar-refractivity contribution >= 4 is 28.2 Å². The third-order valence-electron chi connectivity index (χ3n) is 3.49. The second-order valence-corrected chi connectivity index (χ2v) is 5.42. The zero-order valence-electron chi connectivity index (χ0n) is 11.4. The topological polar surface area (TPSA) is 43.1 Å². The van der Waals surface area contributed by atoms with Gasteiger partial charge in [0.2, 0.25) is 0 Å². The molecule has 3 aromatic heterocycles. The number of rotatable bonds is 2. The zero-order valence-corrected chi connectivity index (χ0v) is 12.1. The summed E-state index contributed by atoms with van der Waals surface area (Å²) in [6.45, 7) is 0. The molecule has 6 heteroatoms. The first-order valence-electron chi connectivity index (χ1n) is 6.74. The first kappa shape index (κ1) is 13.2. The Bertz CT molecular complexity index is 996. The van der Waals surface area contributed by atoms with Gasteiger partial charge in [0.15, 0.2) is 11.5 Å². The Balaban J connectivity index is 1.79. The van der Waals surface area contributed by atoms with Crippen LogP contribution in [0.1, 0.15) is 11.5 Å². The summed E-state index contributed by atoms with van der Waals surface area (Å²) in [6.07, 6.45) is 2.06. The molecule has 0 aliphatic carbocycles. The molecule has 4 aromatic rings. The molecule has 4 rings (SSSR count). The largest absolute Gasteiger partial charge is 0.282 e. The minimum atomic E-state index is -0.488. The lowest BCUT2D eigenvalue weighted by Gasteiger charge is -2.03. The highest BCUT2D eigenvalue weighted by molar-refractivity contribution is 6.30. The van der Waals surface area contributed by atoms with Crippen molar-refractivity contribution in [1.82, 2.24) is 19.6 Å². The molecule has 0 bridgehead atoms. The van der Waals surface area contributed by atoms with Gasteiger partial charge in [-0.1, -0.05) is 35.9 Å². The molecule has 0 spiro atoms. The van der Waals surface area contributed by atoms with E-state index in [4.69, 9.17) is 11.6 Å². The molecular formula is C16H10ClFN4. The monoisotopic (exact) mass is 312 g/mol. The summed E-state index contributed by atoms with van der Waals surface area (Å²) in [7, 11) is 0. The van der Waals surface area contributed by atoms with E-state index in [0.29, 0.717) is 17.3 Å². The molecule has 0 atom stereocenters. The minimum absolute atomic E-state index is 0.167. The van der Waals surface area contributed by atoms with Gasteiger partial charge in [-0.05, 0) is 18.2 Å².